The van der Waals surface area contributed by atoms with Gasteiger partial charge in [0.05, 0.1) is 6.07 Å². The first kappa shape index (κ1) is 24.0. The van der Waals surface area contributed by atoms with Gasteiger partial charge in [0.15, 0.2) is 0 Å². The van der Waals surface area contributed by atoms with Crippen LogP contribution in [-0.2, 0) is 19.4 Å². The Kier molecular flexibility index (Phi) is 7.08. The Hall–Kier alpha value is -3.12. The third-order valence-corrected chi connectivity index (χ3v) is 6.69. The number of aryl methyl sites for hydroxylation is 1. The molecule has 1 aromatic carbocycles. The van der Waals surface area contributed by atoms with Crippen LogP contribution in [0, 0.1) is 18.3 Å². The Balaban J connectivity index is 1.34. The van der Waals surface area contributed by atoms with Crippen LogP contribution in [0.1, 0.15) is 53.5 Å². The van der Waals surface area contributed by atoms with Crippen LogP contribution in [0.5, 0.6) is 0 Å². The number of benzene rings is 1. The van der Waals surface area contributed by atoms with Gasteiger partial charge in [-0.05, 0) is 60.9 Å². The van der Waals surface area contributed by atoms with Gasteiger partial charge in [0.25, 0.3) is 0 Å². The second kappa shape index (κ2) is 10.0. The summed E-state index contributed by atoms with van der Waals surface area (Å²) in [5.41, 5.74) is 5.74. The fourth-order valence-electron chi connectivity index (χ4n) is 4.76. The normalized spacial score (nSPS) is 16.7. The summed E-state index contributed by atoms with van der Waals surface area (Å²) in [6.45, 7) is 4.67. The number of aromatic nitrogens is 2. The molecule has 34 heavy (non-hydrogen) atoms. The fraction of sp³-hybridized carbons (Fsp3) is 0.480. The maximum atomic E-state index is 12.5. The molecule has 1 fully saturated rings. The number of hydrogen-bond donors (Lipinski definition) is 2. The number of hydrogen-bond acceptors (Lipinski definition) is 5. The third-order valence-electron chi connectivity index (χ3n) is 6.69. The van der Waals surface area contributed by atoms with Crippen LogP contribution >= 0.6 is 0 Å². The van der Waals surface area contributed by atoms with Gasteiger partial charge >= 0.3 is 11.9 Å². The number of rotatable bonds is 7. The van der Waals surface area contributed by atoms with Crippen LogP contribution in [0.15, 0.2) is 28.7 Å². The van der Waals surface area contributed by atoms with Gasteiger partial charge in [-0.15, -0.1) is 0 Å². The third kappa shape index (κ3) is 5.86. The van der Waals surface area contributed by atoms with Gasteiger partial charge in [-0.2, -0.15) is 18.4 Å². The summed E-state index contributed by atoms with van der Waals surface area (Å²) in [6, 6.07) is 6.65. The van der Waals surface area contributed by atoms with E-state index in [9.17, 15) is 23.2 Å². The zero-order chi connectivity index (χ0) is 24.3. The van der Waals surface area contributed by atoms with E-state index in [0.717, 1.165) is 38.0 Å². The largest absolute Gasteiger partial charge is 0.389 e. The van der Waals surface area contributed by atoms with E-state index < -0.39 is 18.3 Å². The standard InChI is InChI=1S/C25H28F3N5O/c1-16-20(5-4-18-11-17(13-29)12-22(16)18)15-33-9-6-21(7-10-33)31-23-19(14-30-24(34)32-23)3-2-8-25(26,27)28/h4-5,12,14,21H,2-3,6-11,15H2,1H3,(H2,30,31,32,34). The van der Waals surface area contributed by atoms with Gasteiger partial charge in [0.1, 0.15) is 5.82 Å². The lowest BCUT2D eigenvalue weighted by atomic mass is 9.97. The van der Waals surface area contributed by atoms with Crippen molar-refractivity contribution in [1.29, 1.82) is 5.26 Å². The molecule has 1 aromatic heterocycles. The molecule has 2 heterocycles. The molecule has 1 saturated heterocycles. The first-order chi connectivity index (χ1) is 16.2. The number of halogens is 3. The summed E-state index contributed by atoms with van der Waals surface area (Å²) in [5, 5.41) is 12.5. The number of fused-ring (bicyclic) bond motifs is 1. The molecule has 2 N–H and O–H groups in total. The van der Waals surface area contributed by atoms with Gasteiger partial charge in [-0.1, -0.05) is 12.1 Å². The Morgan fingerprint density at radius 1 is 1.26 bits per heavy atom. The molecule has 0 saturated carbocycles. The maximum absolute atomic E-state index is 12.5. The van der Waals surface area contributed by atoms with Crippen molar-refractivity contribution >= 4 is 11.9 Å². The average Bonchev–Trinajstić information content (AvgIpc) is 3.22. The summed E-state index contributed by atoms with van der Waals surface area (Å²) in [7, 11) is 0. The Bertz CT molecular complexity index is 1170. The molecule has 1 aliphatic heterocycles. The van der Waals surface area contributed by atoms with Gasteiger partial charge in [-0.3, -0.25) is 9.88 Å². The quantitative estimate of drug-likeness (QED) is 0.621. The molecule has 1 aliphatic carbocycles. The highest BCUT2D eigenvalue weighted by Gasteiger charge is 2.27. The van der Waals surface area contributed by atoms with Gasteiger partial charge in [0, 0.05) is 55.9 Å². The molecule has 9 heteroatoms. The van der Waals surface area contributed by atoms with Crippen LogP contribution in [0.3, 0.4) is 0 Å². The van der Waals surface area contributed by atoms with E-state index in [1.807, 2.05) is 6.08 Å². The Morgan fingerprint density at radius 3 is 2.74 bits per heavy atom. The molecule has 2 aliphatic rings. The van der Waals surface area contributed by atoms with Gasteiger partial charge in [-0.25, -0.2) is 9.78 Å². The van der Waals surface area contributed by atoms with Crippen molar-refractivity contribution in [2.75, 3.05) is 18.4 Å². The summed E-state index contributed by atoms with van der Waals surface area (Å²) in [4.78, 5) is 20.4. The minimum atomic E-state index is -4.19. The molecule has 2 aromatic rings. The summed E-state index contributed by atoms with van der Waals surface area (Å²) >= 11 is 0. The monoisotopic (exact) mass is 471 g/mol. The number of nitrogens with one attached hydrogen (secondary N) is 2. The molecule has 0 bridgehead atoms. The fourth-order valence-corrected chi connectivity index (χ4v) is 4.76. The van der Waals surface area contributed by atoms with Crippen LogP contribution < -0.4 is 11.0 Å². The topological polar surface area (TPSA) is 84.8 Å². The molecule has 0 spiro atoms. The lowest BCUT2D eigenvalue weighted by Crippen LogP contribution is -2.39. The van der Waals surface area contributed by atoms with Gasteiger partial charge < -0.3 is 5.32 Å². The van der Waals surface area contributed by atoms with Crippen LogP contribution in [-0.4, -0.2) is 40.2 Å². The van der Waals surface area contributed by atoms with E-state index in [0.29, 0.717) is 17.8 Å². The highest BCUT2D eigenvalue weighted by molar-refractivity contribution is 5.70. The predicted octanol–water partition coefficient (Wildman–Crippen LogP) is 4.50. The van der Waals surface area contributed by atoms with Crippen LogP contribution in [0.4, 0.5) is 19.0 Å². The highest BCUT2D eigenvalue weighted by atomic mass is 19.4. The summed E-state index contributed by atoms with van der Waals surface area (Å²) in [5.74, 6) is 0.482. The predicted molar refractivity (Wildman–Crippen MR) is 124 cm³/mol. The summed E-state index contributed by atoms with van der Waals surface area (Å²) < 4.78 is 37.5. The molecule has 0 radical (unpaired) electrons. The van der Waals surface area contributed by atoms with Crippen molar-refractivity contribution in [2.45, 2.75) is 64.2 Å². The van der Waals surface area contributed by atoms with Crippen LogP contribution in [0.2, 0.25) is 0 Å². The number of aromatic amines is 1. The Morgan fingerprint density at radius 2 is 2.03 bits per heavy atom. The average molecular weight is 472 g/mol. The van der Waals surface area contributed by atoms with E-state index in [-0.39, 0.29) is 18.9 Å². The molecule has 4 rings (SSSR count). The molecule has 180 valence electrons. The van der Waals surface area contributed by atoms with Crippen molar-refractivity contribution in [1.82, 2.24) is 14.9 Å². The minimum Gasteiger partial charge on any atom is -0.368 e. The van der Waals surface area contributed by atoms with Crippen molar-refractivity contribution < 1.29 is 13.2 Å². The number of piperidine rings is 1. The number of nitrogens with zero attached hydrogens (tertiary/aromatic N) is 3. The zero-order valence-electron chi connectivity index (χ0n) is 19.1. The van der Waals surface area contributed by atoms with E-state index >= 15 is 0 Å². The Labute approximate surface area is 196 Å². The first-order valence-corrected chi connectivity index (χ1v) is 11.6. The van der Waals surface area contributed by atoms with E-state index in [2.05, 4.69) is 45.3 Å². The lowest BCUT2D eigenvalue weighted by molar-refractivity contribution is -0.135. The molecular formula is C25H28F3N5O. The first-order valence-electron chi connectivity index (χ1n) is 11.6. The highest BCUT2D eigenvalue weighted by Crippen LogP contribution is 2.30. The van der Waals surface area contributed by atoms with E-state index in [4.69, 9.17) is 0 Å². The number of nitriles is 1. The zero-order valence-corrected chi connectivity index (χ0v) is 19.1. The number of H-pyrrole nitrogens is 1. The van der Waals surface area contributed by atoms with Crippen molar-refractivity contribution in [3.63, 3.8) is 0 Å². The molecule has 0 amide bonds. The number of alkyl halides is 3. The number of likely N-dealkylation sites (tertiary alicyclic amines) is 1. The molecular weight excluding hydrogens is 443 g/mol. The van der Waals surface area contributed by atoms with Crippen molar-refractivity contribution in [2.24, 2.45) is 0 Å². The second-order valence-electron chi connectivity index (χ2n) is 9.13. The minimum absolute atomic E-state index is 0.0461. The van der Waals surface area contributed by atoms with E-state index in [1.165, 1.54) is 28.5 Å². The van der Waals surface area contributed by atoms with Crippen LogP contribution in [0.25, 0.3) is 6.08 Å². The second-order valence-corrected chi connectivity index (χ2v) is 9.13. The lowest BCUT2D eigenvalue weighted by Gasteiger charge is -2.33. The van der Waals surface area contributed by atoms with Crippen molar-refractivity contribution in [3.05, 3.63) is 62.2 Å². The summed E-state index contributed by atoms with van der Waals surface area (Å²) in [6.07, 6.45) is 0.880. The number of allylic oxidation sites excluding steroid dienone is 1. The SMILES string of the molecule is Cc1c(CN2CCC(Nc3[nH]c(=O)ncc3CCCC(F)(F)F)CC2)ccc2c1C=C(C#N)C2. The smallest absolute Gasteiger partial charge is 0.368 e. The number of anilines is 1. The van der Waals surface area contributed by atoms with Crippen molar-refractivity contribution in [3.8, 4) is 6.07 Å². The maximum Gasteiger partial charge on any atom is 0.389 e. The molecule has 6 nitrogen and oxygen atoms in total. The molecule has 0 unspecified atom stereocenters. The molecule has 0 atom stereocenters. The van der Waals surface area contributed by atoms with Gasteiger partial charge in [0.2, 0.25) is 0 Å². The van der Waals surface area contributed by atoms with E-state index in [1.54, 1.807) is 0 Å².